The fraction of sp³-hybridized carbons (Fsp3) is 0.308. The molecule has 2 aromatic rings. The number of thiazole rings is 1. The summed E-state index contributed by atoms with van der Waals surface area (Å²) < 4.78 is 1.00. The molecule has 1 N–H and O–H groups in total. The molecule has 0 aliphatic carbocycles. The van der Waals surface area contributed by atoms with Crippen LogP contribution in [0.15, 0.2) is 18.2 Å². The standard InChI is InChI=1S/C13H12ClN3O2S/c1-17-11(18)5-3-8(12(17)19)15-13-16-9-6-7(14)2-4-10(9)20-13/h2,4,6,8H,3,5H2,1H3,(H,15,16). The molecule has 1 aromatic carbocycles. The molecule has 5 nitrogen and oxygen atoms in total. The van der Waals surface area contributed by atoms with Gasteiger partial charge in [-0.1, -0.05) is 22.9 Å². The number of rotatable bonds is 2. The van der Waals surface area contributed by atoms with Crippen molar-refractivity contribution >= 4 is 50.1 Å². The number of benzene rings is 1. The highest BCUT2D eigenvalue weighted by molar-refractivity contribution is 7.22. The van der Waals surface area contributed by atoms with Crippen LogP contribution in [-0.2, 0) is 9.59 Å². The Hall–Kier alpha value is -1.66. The fourth-order valence-electron chi connectivity index (χ4n) is 2.16. The maximum absolute atomic E-state index is 12.0. The number of carbonyl (C=O) groups excluding carboxylic acids is 2. The maximum atomic E-state index is 12.0. The Bertz CT molecular complexity index is 700. The molecule has 1 aromatic heterocycles. The lowest BCUT2D eigenvalue weighted by Crippen LogP contribution is -2.48. The Kier molecular flexibility index (Phi) is 3.35. The van der Waals surface area contributed by atoms with Crippen molar-refractivity contribution in [3.8, 4) is 0 Å². The highest BCUT2D eigenvalue weighted by atomic mass is 35.5. The van der Waals surface area contributed by atoms with E-state index in [1.165, 1.54) is 23.3 Å². The lowest BCUT2D eigenvalue weighted by molar-refractivity contribution is -0.146. The first-order valence-corrected chi connectivity index (χ1v) is 7.37. The third-order valence-corrected chi connectivity index (χ3v) is 4.50. The number of hydrogen-bond acceptors (Lipinski definition) is 5. The van der Waals surface area contributed by atoms with Crippen molar-refractivity contribution in [2.75, 3.05) is 12.4 Å². The lowest BCUT2D eigenvalue weighted by Gasteiger charge is -2.27. The molecule has 20 heavy (non-hydrogen) atoms. The van der Waals surface area contributed by atoms with Gasteiger partial charge in [0.15, 0.2) is 5.13 Å². The second-order valence-corrected chi connectivity index (χ2v) is 6.12. The van der Waals surface area contributed by atoms with E-state index in [4.69, 9.17) is 11.6 Å². The van der Waals surface area contributed by atoms with Crippen molar-refractivity contribution in [1.29, 1.82) is 0 Å². The highest BCUT2D eigenvalue weighted by Crippen LogP contribution is 2.29. The first kappa shape index (κ1) is 13.3. The number of likely N-dealkylation sites (tertiary alicyclic amines) is 1. The van der Waals surface area contributed by atoms with E-state index in [0.29, 0.717) is 23.0 Å². The van der Waals surface area contributed by atoms with Crippen molar-refractivity contribution < 1.29 is 9.59 Å². The van der Waals surface area contributed by atoms with Gasteiger partial charge in [-0.3, -0.25) is 14.5 Å². The molecular formula is C13H12ClN3O2S. The fourth-order valence-corrected chi connectivity index (χ4v) is 3.23. The number of nitrogens with zero attached hydrogens (tertiary/aromatic N) is 2. The number of anilines is 1. The van der Waals surface area contributed by atoms with Gasteiger partial charge in [0.25, 0.3) is 5.91 Å². The monoisotopic (exact) mass is 309 g/mol. The van der Waals surface area contributed by atoms with Gasteiger partial charge in [-0.15, -0.1) is 0 Å². The van der Waals surface area contributed by atoms with Crippen molar-refractivity contribution in [3.05, 3.63) is 23.2 Å². The van der Waals surface area contributed by atoms with Crippen LogP contribution in [0.25, 0.3) is 10.2 Å². The predicted molar refractivity (Wildman–Crippen MR) is 79.1 cm³/mol. The predicted octanol–water partition coefficient (Wildman–Crippen LogP) is 2.51. The molecule has 1 aliphatic heterocycles. The first-order valence-electron chi connectivity index (χ1n) is 6.17. The molecule has 1 saturated heterocycles. The number of nitrogens with one attached hydrogen (secondary N) is 1. The van der Waals surface area contributed by atoms with Crippen LogP contribution >= 0.6 is 22.9 Å². The summed E-state index contributed by atoms with van der Waals surface area (Å²) >= 11 is 7.39. The number of imide groups is 1. The van der Waals surface area contributed by atoms with Gasteiger partial charge < -0.3 is 5.32 Å². The molecule has 0 saturated carbocycles. The zero-order valence-electron chi connectivity index (χ0n) is 10.7. The van der Waals surface area contributed by atoms with E-state index in [2.05, 4.69) is 10.3 Å². The third-order valence-electron chi connectivity index (χ3n) is 3.30. The zero-order chi connectivity index (χ0) is 14.3. The van der Waals surface area contributed by atoms with Crippen LogP contribution < -0.4 is 5.32 Å². The molecule has 1 unspecified atom stereocenters. The summed E-state index contributed by atoms with van der Waals surface area (Å²) in [5, 5.41) is 4.41. The first-order chi connectivity index (χ1) is 9.54. The van der Waals surface area contributed by atoms with Crippen molar-refractivity contribution in [2.45, 2.75) is 18.9 Å². The number of likely N-dealkylation sites (N-methyl/N-ethyl adjacent to an activating group) is 1. The molecule has 3 rings (SSSR count). The van der Waals surface area contributed by atoms with Gasteiger partial charge >= 0.3 is 0 Å². The minimum absolute atomic E-state index is 0.135. The third kappa shape index (κ3) is 2.36. The van der Waals surface area contributed by atoms with E-state index in [9.17, 15) is 9.59 Å². The van der Waals surface area contributed by atoms with E-state index in [1.54, 1.807) is 6.07 Å². The number of hydrogen-bond donors (Lipinski definition) is 1. The summed E-state index contributed by atoms with van der Waals surface area (Å²) in [5.41, 5.74) is 0.803. The molecule has 0 spiro atoms. The maximum Gasteiger partial charge on any atom is 0.251 e. The van der Waals surface area contributed by atoms with E-state index in [-0.39, 0.29) is 11.8 Å². The van der Waals surface area contributed by atoms with Gasteiger partial charge in [0.05, 0.1) is 10.2 Å². The highest BCUT2D eigenvalue weighted by Gasteiger charge is 2.32. The minimum Gasteiger partial charge on any atom is -0.350 e. The van der Waals surface area contributed by atoms with Crippen LogP contribution in [0.5, 0.6) is 0 Å². The molecule has 104 valence electrons. The SMILES string of the molecule is CN1C(=O)CCC(Nc2nc3cc(Cl)ccc3s2)C1=O. The summed E-state index contributed by atoms with van der Waals surface area (Å²) in [5.74, 6) is -0.345. The van der Waals surface area contributed by atoms with Crippen LogP contribution in [0.4, 0.5) is 5.13 Å². The van der Waals surface area contributed by atoms with Gasteiger partial charge in [0.2, 0.25) is 5.91 Å². The second-order valence-electron chi connectivity index (χ2n) is 4.66. The van der Waals surface area contributed by atoms with E-state index in [1.807, 2.05) is 12.1 Å². The summed E-state index contributed by atoms with van der Waals surface area (Å²) in [7, 11) is 1.51. The average Bonchev–Trinajstić information content (AvgIpc) is 2.81. The lowest BCUT2D eigenvalue weighted by atomic mass is 10.1. The van der Waals surface area contributed by atoms with Crippen molar-refractivity contribution in [2.24, 2.45) is 0 Å². The average molecular weight is 310 g/mol. The van der Waals surface area contributed by atoms with Gasteiger partial charge in [-0.2, -0.15) is 0 Å². The van der Waals surface area contributed by atoms with Crippen molar-refractivity contribution in [3.63, 3.8) is 0 Å². The topological polar surface area (TPSA) is 62.3 Å². The summed E-state index contributed by atoms with van der Waals surface area (Å²) in [6, 6.07) is 5.11. The van der Waals surface area contributed by atoms with Crippen LogP contribution in [0.3, 0.4) is 0 Å². The Morgan fingerprint density at radius 3 is 3.05 bits per heavy atom. The number of amides is 2. The summed E-state index contributed by atoms with van der Waals surface area (Å²) in [4.78, 5) is 29.0. The molecule has 0 bridgehead atoms. The van der Waals surface area contributed by atoms with Crippen LogP contribution in [0, 0.1) is 0 Å². The van der Waals surface area contributed by atoms with Crippen LogP contribution in [0.2, 0.25) is 5.02 Å². The number of aromatic nitrogens is 1. The molecule has 1 atom stereocenters. The number of fused-ring (bicyclic) bond motifs is 1. The summed E-state index contributed by atoms with van der Waals surface area (Å²) in [6.07, 6.45) is 0.870. The summed E-state index contributed by atoms with van der Waals surface area (Å²) in [6.45, 7) is 0. The van der Waals surface area contributed by atoms with Gasteiger partial charge in [0.1, 0.15) is 6.04 Å². The van der Waals surface area contributed by atoms with Crippen molar-refractivity contribution in [1.82, 2.24) is 9.88 Å². The smallest absolute Gasteiger partial charge is 0.251 e. The molecule has 2 heterocycles. The largest absolute Gasteiger partial charge is 0.350 e. The van der Waals surface area contributed by atoms with E-state index in [0.717, 1.165) is 10.2 Å². The van der Waals surface area contributed by atoms with Gasteiger partial charge in [-0.25, -0.2) is 4.98 Å². The molecule has 2 amide bonds. The van der Waals surface area contributed by atoms with E-state index >= 15 is 0 Å². The Morgan fingerprint density at radius 2 is 2.25 bits per heavy atom. The Morgan fingerprint density at radius 1 is 1.45 bits per heavy atom. The quantitative estimate of drug-likeness (QED) is 0.866. The molecule has 7 heteroatoms. The number of piperidine rings is 1. The molecule has 1 aliphatic rings. The van der Waals surface area contributed by atoms with Gasteiger partial charge in [0, 0.05) is 18.5 Å². The molecule has 1 fully saturated rings. The second kappa shape index (κ2) is 5.03. The normalized spacial score (nSPS) is 19.7. The Balaban J connectivity index is 1.82. The Labute approximate surface area is 124 Å². The minimum atomic E-state index is -0.395. The zero-order valence-corrected chi connectivity index (χ0v) is 12.3. The van der Waals surface area contributed by atoms with Crippen LogP contribution in [0.1, 0.15) is 12.8 Å². The number of carbonyl (C=O) groups is 2. The van der Waals surface area contributed by atoms with E-state index < -0.39 is 6.04 Å². The molecular weight excluding hydrogens is 298 g/mol. The van der Waals surface area contributed by atoms with Crippen LogP contribution in [-0.4, -0.2) is 34.8 Å². The van der Waals surface area contributed by atoms with Gasteiger partial charge in [-0.05, 0) is 24.6 Å². The molecule has 0 radical (unpaired) electrons. The number of halogens is 1.